The van der Waals surface area contributed by atoms with Crippen LogP contribution in [0.5, 0.6) is 0 Å². The van der Waals surface area contributed by atoms with E-state index in [1.54, 1.807) is 12.1 Å². The molecule has 0 bridgehead atoms. The smallest absolute Gasteiger partial charge is 0.123 e. The minimum atomic E-state index is -0.201. The third-order valence-corrected chi connectivity index (χ3v) is 2.83. The van der Waals surface area contributed by atoms with Crippen LogP contribution in [0.1, 0.15) is 24.8 Å². The zero-order chi connectivity index (χ0) is 11.2. The molecule has 86 valence electrons. The fraction of sp³-hybridized carbons (Fsp3) is 0.462. The third kappa shape index (κ3) is 3.42. The van der Waals surface area contributed by atoms with E-state index in [0.717, 1.165) is 25.1 Å². The Balaban J connectivity index is 1.94. The van der Waals surface area contributed by atoms with Gasteiger partial charge in [-0.1, -0.05) is 18.6 Å². The van der Waals surface area contributed by atoms with Gasteiger partial charge in [0.2, 0.25) is 0 Å². The van der Waals surface area contributed by atoms with E-state index in [1.807, 2.05) is 6.21 Å². The monoisotopic (exact) mass is 220 g/mol. The Bertz CT molecular complexity index is 337. The van der Waals surface area contributed by atoms with E-state index in [0.29, 0.717) is 6.04 Å². The van der Waals surface area contributed by atoms with Crippen LogP contribution in [0, 0.1) is 5.82 Å². The van der Waals surface area contributed by atoms with Crippen LogP contribution in [0.15, 0.2) is 29.3 Å². The van der Waals surface area contributed by atoms with Crippen molar-refractivity contribution in [3.8, 4) is 0 Å². The fourth-order valence-corrected chi connectivity index (χ4v) is 1.87. The number of halogens is 1. The first-order valence-electron chi connectivity index (χ1n) is 5.84. The average Bonchev–Trinajstić information content (AvgIpc) is 2.57. The van der Waals surface area contributed by atoms with Crippen LogP contribution in [0.3, 0.4) is 0 Å². The lowest BCUT2D eigenvalue weighted by Crippen LogP contribution is -2.23. The number of hydrogen-bond donors (Lipinski definition) is 1. The molecule has 0 radical (unpaired) electrons. The van der Waals surface area contributed by atoms with Gasteiger partial charge in [-0.25, -0.2) is 4.39 Å². The maximum absolute atomic E-state index is 12.7. The molecule has 1 saturated heterocycles. The zero-order valence-corrected chi connectivity index (χ0v) is 9.32. The van der Waals surface area contributed by atoms with E-state index in [4.69, 9.17) is 0 Å². The summed E-state index contributed by atoms with van der Waals surface area (Å²) in [6.07, 6.45) is 5.46. The van der Waals surface area contributed by atoms with Gasteiger partial charge in [0.15, 0.2) is 0 Å². The predicted octanol–water partition coefficient (Wildman–Crippen LogP) is 2.39. The Morgan fingerprint density at radius 3 is 2.88 bits per heavy atom. The van der Waals surface area contributed by atoms with Crippen molar-refractivity contribution in [2.45, 2.75) is 25.3 Å². The van der Waals surface area contributed by atoms with Gasteiger partial charge in [-0.15, -0.1) is 0 Å². The van der Waals surface area contributed by atoms with Gasteiger partial charge in [0, 0.05) is 12.8 Å². The van der Waals surface area contributed by atoms with Crippen LogP contribution in [-0.4, -0.2) is 25.3 Å². The molecule has 16 heavy (non-hydrogen) atoms. The van der Waals surface area contributed by atoms with E-state index >= 15 is 0 Å². The van der Waals surface area contributed by atoms with E-state index in [-0.39, 0.29) is 5.82 Å². The van der Waals surface area contributed by atoms with Crippen LogP contribution < -0.4 is 5.32 Å². The van der Waals surface area contributed by atoms with Crippen molar-refractivity contribution in [2.75, 3.05) is 13.1 Å². The number of nitrogens with one attached hydrogen (secondary N) is 1. The molecule has 0 saturated carbocycles. The minimum Gasteiger partial charge on any atom is -0.315 e. The first-order valence-corrected chi connectivity index (χ1v) is 5.84. The van der Waals surface area contributed by atoms with Crippen molar-refractivity contribution in [3.63, 3.8) is 0 Å². The highest BCUT2D eigenvalue weighted by Gasteiger charge is 2.08. The Morgan fingerprint density at radius 1 is 1.25 bits per heavy atom. The van der Waals surface area contributed by atoms with E-state index in [1.165, 1.54) is 25.0 Å². The molecule has 3 heteroatoms. The van der Waals surface area contributed by atoms with Crippen LogP contribution >= 0.6 is 0 Å². The van der Waals surface area contributed by atoms with E-state index in [2.05, 4.69) is 10.3 Å². The molecule has 1 aliphatic rings. The third-order valence-electron chi connectivity index (χ3n) is 2.83. The summed E-state index contributed by atoms with van der Waals surface area (Å²) in [5.41, 5.74) is 0.964. The van der Waals surface area contributed by atoms with Crippen molar-refractivity contribution < 1.29 is 4.39 Å². The van der Waals surface area contributed by atoms with Crippen molar-refractivity contribution >= 4 is 6.21 Å². The maximum atomic E-state index is 12.7. The fourth-order valence-electron chi connectivity index (χ4n) is 1.87. The highest BCUT2D eigenvalue weighted by atomic mass is 19.1. The Hall–Kier alpha value is -1.22. The van der Waals surface area contributed by atoms with E-state index < -0.39 is 0 Å². The topological polar surface area (TPSA) is 24.4 Å². The van der Waals surface area contributed by atoms with Gasteiger partial charge in [0.05, 0.1) is 6.04 Å². The first-order chi connectivity index (χ1) is 7.84. The normalized spacial score (nSPS) is 22.2. The van der Waals surface area contributed by atoms with Gasteiger partial charge < -0.3 is 5.32 Å². The summed E-state index contributed by atoms with van der Waals surface area (Å²) >= 11 is 0. The van der Waals surface area contributed by atoms with Crippen LogP contribution in [-0.2, 0) is 0 Å². The molecule has 1 unspecified atom stereocenters. The molecule has 1 aromatic rings. The molecule has 0 spiro atoms. The molecule has 1 aromatic carbocycles. The second kappa shape index (κ2) is 5.75. The molecule has 1 heterocycles. The molecule has 0 aliphatic carbocycles. The quantitative estimate of drug-likeness (QED) is 0.760. The van der Waals surface area contributed by atoms with Gasteiger partial charge in [0.25, 0.3) is 0 Å². The number of benzene rings is 1. The maximum Gasteiger partial charge on any atom is 0.123 e. The highest BCUT2D eigenvalue weighted by Crippen LogP contribution is 2.08. The molecule has 2 nitrogen and oxygen atoms in total. The SMILES string of the molecule is Fc1ccc(C=NC2CCCCNC2)cc1. The lowest BCUT2D eigenvalue weighted by molar-refractivity contribution is 0.605. The molecular weight excluding hydrogens is 203 g/mol. The lowest BCUT2D eigenvalue weighted by atomic mass is 10.1. The van der Waals surface area contributed by atoms with Crippen molar-refractivity contribution in [2.24, 2.45) is 4.99 Å². The molecule has 2 rings (SSSR count). The molecule has 0 aromatic heterocycles. The highest BCUT2D eigenvalue weighted by molar-refractivity contribution is 5.79. The van der Waals surface area contributed by atoms with Gasteiger partial charge in [-0.3, -0.25) is 4.99 Å². The van der Waals surface area contributed by atoms with Crippen molar-refractivity contribution in [1.29, 1.82) is 0 Å². The van der Waals surface area contributed by atoms with Crippen molar-refractivity contribution in [3.05, 3.63) is 35.6 Å². The van der Waals surface area contributed by atoms with Crippen molar-refractivity contribution in [1.82, 2.24) is 5.32 Å². The standard InChI is InChI=1S/C13H17FN2/c14-12-6-4-11(5-7-12)9-16-13-3-1-2-8-15-10-13/h4-7,9,13,15H,1-3,8,10H2. The predicted molar refractivity (Wildman–Crippen MR) is 64.5 cm³/mol. The summed E-state index contributed by atoms with van der Waals surface area (Å²) in [4.78, 5) is 4.53. The lowest BCUT2D eigenvalue weighted by Gasteiger charge is -2.07. The minimum absolute atomic E-state index is 0.201. The summed E-state index contributed by atoms with van der Waals surface area (Å²) in [6, 6.07) is 6.80. The number of aliphatic imine (C=N–C) groups is 1. The Labute approximate surface area is 95.6 Å². The first kappa shape index (κ1) is 11.3. The Morgan fingerprint density at radius 2 is 2.06 bits per heavy atom. The van der Waals surface area contributed by atoms with Gasteiger partial charge in [-0.05, 0) is 37.1 Å². The molecule has 1 N–H and O–H groups in total. The number of hydrogen-bond acceptors (Lipinski definition) is 2. The summed E-state index contributed by atoms with van der Waals surface area (Å²) in [5.74, 6) is -0.201. The number of rotatable bonds is 2. The van der Waals surface area contributed by atoms with Gasteiger partial charge in [-0.2, -0.15) is 0 Å². The largest absolute Gasteiger partial charge is 0.315 e. The van der Waals surface area contributed by atoms with E-state index in [9.17, 15) is 4.39 Å². The summed E-state index contributed by atoms with van der Waals surface area (Å²) in [7, 11) is 0. The van der Waals surface area contributed by atoms with Gasteiger partial charge >= 0.3 is 0 Å². The summed E-state index contributed by atoms with van der Waals surface area (Å²) in [5, 5.41) is 3.37. The summed E-state index contributed by atoms with van der Waals surface area (Å²) in [6.45, 7) is 2.06. The molecule has 1 aliphatic heterocycles. The molecular formula is C13H17FN2. The Kier molecular flexibility index (Phi) is 4.05. The van der Waals surface area contributed by atoms with Crippen LogP contribution in [0.4, 0.5) is 4.39 Å². The average molecular weight is 220 g/mol. The molecule has 0 amide bonds. The molecule has 1 fully saturated rings. The second-order valence-corrected chi connectivity index (χ2v) is 4.18. The zero-order valence-electron chi connectivity index (χ0n) is 9.32. The van der Waals surface area contributed by atoms with Gasteiger partial charge in [0.1, 0.15) is 5.82 Å². The summed E-state index contributed by atoms with van der Waals surface area (Å²) < 4.78 is 12.7. The van der Waals surface area contributed by atoms with Crippen LogP contribution in [0.25, 0.3) is 0 Å². The number of nitrogens with zero attached hydrogens (tertiary/aromatic N) is 1. The second-order valence-electron chi connectivity index (χ2n) is 4.18. The molecule has 1 atom stereocenters. The van der Waals surface area contributed by atoms with Crippen LogP contribution in [0.2, 0.25) is 0 Å².